The summed E-state index contributed by atoms with van der Waals surface area (Å²) in [7, 11) is 0. The van der Waals surface area contributed by atoms with E-state index in [0.29, 0.717) is 11.7 Å². The number of rotatable bonds is 18. The summed E-state index contributed by atoms with van der Waals surface area (Å²) < 4.78 is 21.1. The van der Waals surface area contributed by atoms with Crippen molar-refractivity contribution in [3.63, 3.8) is 0 Å². The van der Waals surface area contributed by atoms with Crippen LogP contribution >= 0.6 is 0 Å². The third-order valence-corrected chi connectivity index (χ3v) is 5.56. The summed E-state index contributed by atoms with van der Waals surface area (Å²) in [4.78, 5) is 0. The van der Waals surface area contributed by atoms with Crippen molar-refractivity contribution >= 4 is 11.1 Å². The van der Waals surface area contributed by atoms with Crippen molar-refractivity contribution in [2.45, 2.75) is 117 Å². The normalized spacial score (nSPS) is 14.0. The van der Waals surface area contributed by atoms with Gasteiger partial charge in [-0.3, -0.25) is 4.21 Å². The van der Waals surface area contributed by atoms with Crippen molar-refractivity contribution in [3.05, 3.63) is 0 Å². The number of unbranched alkanes of at least 4 members (excludes halogenated alkanes) is 14. The molecule has 0 saturated carbocycles. The lowest BCUT2D eigenvalue weighted by atomic mass is 10.0. The Labute approximate surface area is 148 Å². The molecule has 0 aliphatic carbocycles. The Hall–Kier alpha value is 0.110. The smallest absolute Gasteiger partial charge is 0.0127 e. The molecule has 0 heterocycles. The highest BCUT2D eigenvalue weighted by Crippen LogP contribution is 2.15. The summed E-state index contributed by atoms with van der Waals surface area (Å²) in [5, 5.41) is 0. The highest BCUT2D eigenvalue weighted by atomic mass is 32.2. The Morgan fingerprint density at radius 1 is 0.696 bits per heavy atom. The van der Waals surface area contributed by atoms with E-state index in [4.69, 9.17) is 0 Å². The molecule has 140 valence electrons. The lowest BCUT2D eigenvalue weighted by Crippen LogP contribution is -2.06. The Balaban J connectivity index is 3.06. The van der Waals surface area contributed by atoms with Crippen LogP contribution in [0.3, 0.4) is 0 Å². The molecular weight excluding hydrogens is 304 g/mol. The van der Waals surface area contributed by atoms with Gasteiger partial charge in [0.05, 0.1) is 0 Å². The third kappa shape index (κ3) is 20.1. The fourth-order valence-electron chi connectivity index (χ4n) is 3.18. The molecule has 2 unspecified atom stereocenters. The molecule has 0 aromatic heterocycles. The first-order valence-electron chi connectivity index (χ1n) is 10.2. The van der Waals surface area contributed by atoms with Gasteiger partial charge in [-0.25, -0.2) is 0 Å². The minimum Gasteiger partial charge on any atom is -0.772 e. The van der Waals surface area contributed by atoms with Gasteiger partial charge in [0.1, 0.15) is 0 Å². The van der Waals surface area contributed by atoms with E-state index >= 15 is 0 Å². The SMILES string of the molecule is CCCCCCCCCCCCCCCCCC(C)CS(=O)[O-]. The van der Waals surface area contributed by atoms with Crippen molar-refractivity contribution in [2.24, 2.45) is 5.92 Å². The number of hydrogen-bond donors (Lipinski definition) is 0. The minimum absolute atomic E-state index is 0.329. The van der Waals surface area contributed by atoms with E-state index in [2.05, 4.69) is 6.92 Å². The van der Waals surface area contributed by atoms with Crippen LogP contribution in [0.4, 0.5) is 0 Å². The van der Waals surface area contributed by atoms with Crippen molar-refractivity contribution in [3.8, 4) is 0 Å². The second kappa shape index (κ2) is 18.4. The largest absolute Gasteiger partial charge is 0.772 e. The van der Waals surface area contributed by atoms with E-state index in [-0.39, 0.29) is 0 Å². The summed E-state index contributed by atoms with van der Waals surface area (Å²) in [6.45, 7) is 4.32. The van der Waals surface area contributed by atoms with Crippen LogP contribution in [0.25, 0.3) is 0 Å². The summed E-state index contributed by atoms with van der Waals surface area (Å²) >= 11 is -1.86. The van der Waals surface area contributed by atoms with Gasteiger partial charge in [0, 0.05) is 5.75 Å². The van der Waals surface area contributed by atoms with Crippen LogP contribution in [0.5, 0.6) is 0 Å². The van der Waals surface area contributed by atoms with Crippen LogP contribution < -0.4 is 0 Å². The van der Waals surface area contributed by atoms with Crippen LogP contribution in [0.15, 0.2) is 0 Å². The third-order valence-electron chi connectivity index (χ3n) is 4.72. The van der Waals surface area contributed by atoms with Gasteiger partial charge in [-0.05, 0) is 12.3 Å². The summed E-state index contributed by atoms with van der Waals surface area (Å²) in [5.74, 6) is 0.661. The maximum absolute atomic E-state index is 10.6. The van der Waals surface area contributed by atoms with Crippen molar-refractivity contribution in [1.29, 1.82) is 0 Å². The molecular formula is C20H41O2S-. The van der Waals surface area contributed by atoms with Crippen LogP contribution in [0.1, 0.15) is 117 Å². The predicted octanol–water partition coefficient (Wildman–Crippen LogP) is 6.76. The van der Waals surface area contributed by atoms with Crippen molar-refractivity contribution in [2.75, 3.05) is 5.75 Å². The topological polar surface area (TPSA) is 40.1 Å². The standard InChI is InChI=1S/C20H42O2S/c1-3-4-5-6-7-8-9-10-11-12-13-14-15-16-17-18-20(2)19-23(21)22/h20H,3-19H2,1-2H3,(H,21,22)/p-1. The lowest BCUT2D eigenvalue weighted by Gasteiger charge is -2.12. The van der Waals surface area contributed by atoms with Crippen LogP contribution in [0, 0.1) is 5.92 Å². The van der Waals surface area contributed by atoms with E-state index in [1.165, 1.54) is 96.3 Å². The highest BCUT2D eigenvalue weighted by Gasteiger charge is 2.01. The van der Waals surface area contributed by atoms with Crippen LogP contribution in [0.2, 0.25) is 0 Å². The molecule has 0 rings (SSSR count). The van der Waals surface area contributed by atoms with Crippen LogP contribution in [-0.4, -0.2) is 14.5 Å². The van der Waals surface area contributed by atoms with Crippen molar-refractivity contribution < 1.29 is 8.76 Å². The maximum atomic E-state index is 10.6. The molecule has 0 bridgehead atoms. The first kappa shape index (κ1) is 23.1. The van der Waals surface area contributed by atoms with E-state index < -0.39 is 11.1 Å². The summed E-state index contributed by atoms with van der Waals surface area (Å²) in [5.41, 5.74) is 0. The number of hydrogen-bond acceptors (Lipinski definition) is 2. The molecule has 0 spiro atoms. The van der Waals surface area contributed by atoms with Gasteiger partial charge in [0.2, 0.25) is 0 Å². The molecule has 0 radical (unpaired) electrons. The average Bonchev–Trinajstić information content (AvgIpc) is 2.50. The first-order valence-corrected chi connectivity index (χ1v) is 11.5. The van der Waals surface area contributed by atoms with E-state index in [1.807, 2.05) is 6.92 Å². The fraction of sp³-hybridized carbons (Fsp3) is 1.00. The predicted molar refractivity (Wildman–Crippen MR) is 102 cm³/mol. The molecule has 2 atom stereocenters. The van der Waals surface area contributed by atoms with Gasteiger partial charge in [-0.2, -0.15) is 0 Å². The van der Waals surface area contributed by atoms with Gasteiger partial charge < -0.3 is 4.55 Å². The molecule has 0 aromatic carbocycles. The molecule has 0 fully saturated rings. The monoisotopic (exact) mass is 345 g/mol. The average molecular weight is 346 g/mol. The lowest BCUT2D eigenvalue weighted by molar-refractivity contribution is 0.485. The van der Waals surface area contributed by atoms with Crippen LogP contribution in [-0.2, 0) is 11.1 Å². The molecule has 3 heteroatoms. The Bertz CT molecular complexity index is 256. The minimum atomic E-state index is -1.86. The Morgan fingerprint density at radius 3 is 1.39 bits per heavy atom. The molecule has 0 saturated heterocycles. The Kier molecular flexibility index (Phi) is 18.5. The van der Waals surface area contributed by atoms with E-state index in [9.17, 15) is 8.76 Å². The van der Waals surface area contributed by atoms with Gasteiger partial charge in [-0.1, -0.05) is 121 Å². The molecule has 0 amide bonds. The molecule has 0 aliphatic heterocycles. The summed E-state index contributed by atoms with van der Waals surface area (Å²) in [6.07, 6.45) is 21.8. The van der Waals surface area contributed by atoms with E-state index in [0.717, 1.165) is 6.42 Å². The summed E-state index contributed by atoms with van der Waals surface area (Å²) in [6, 6.07) is 0. The van der Waals surface area contributed by atoms with Crippen molar-refractivity contribution in [1.82, 2.24) is 0 Å². The highest BCUT2D eigenvalue weighted by molar-refractivity contribution is 7.79. The fourth-order valence-corrected chi connectivity index (χ4v) is 3.81. The van der Waals surface area contributed by atoms with Gasteiger partial charge in [0.15, 0.2) is 0 Å². The molecule has 0 aromatic rings. The zero-order valence-electron chi connectivity index (χ0n) is 15.8. The second-order valence-electron chi connectivity index (χ2n) is 7.31. The zero-order valence-corrected chi connectivity index (χ0v) is 16.6. The van der Waals surface area contributed by atoms with E-state index in [1.54, 1.807) is 0 Å². The Morgan fingerprint density at radius 2 is 1.04 bits per heavy atom. The van der Waals surface area contributed by atoms with Gasteiger partial charge in [0.25, 0.3) is 0 Å². The molecule has 0 aliphatic rings. The quantitative estimate of drug-likeness (QED) is 0.203. The molecule has 2 nitrogen and oxygen atoms in total. The first-order chi connectivity index (χ1) is 11.2. The maximum Gasteiger partial charge on any atom is 0.0127 e. The molecule has 23 heavy (non-hydrogen) atoms. The molecule has 0 N–H and O–H groups in total. The van der Waals surface area contributed by atoms with Gasteiger partial charge >= 0.3 is 0 Å². The second-order valence-corrected chi connectivity index (χ2v) is 8.25. The van der Waals surface area contributed by atoms with Gasteiger partial charge in [-0.15, -0.1) is 0 Å². The zero-order chi connectivity index (χ0) is 17.2.